The minimum Gasteiger partial charge on any atom is -0.487 e. The molecule has 158 valence electrons. The Morgan fingerprint density at radius 3 is 2.17 bits per heavy atom. The van der Waals surface area contributed by atoms with Gasteiger partial charge in [0, 0.05) is 11.6 Å². The van der Waals surface area contributed by atoms with Crippen LogP contribution in [0.3, 0.4) is 0 Å². The SMILES string of the molecule is Cc1ccc(C)cc1.N#Cc1ccc(OC23CCCC(NC=O)(CC2)CC3)cc1Cl. The van der Waals surface area contributed by atoms with E-state index >= 15 is 0 Å². The van der Waals surface area contributed by atoms with Crippen molar-refractivity contribution < 1.29 is 9.53 Å². The fourth-order valence-corrected chi connectivity index (χ4v) is 4.68. The summed E-state index contributed by atoms with van der Waals surface area (Å²) in [4.78, 5) is 10.9. The molecule has 1 N–H and O–H groups in total. The number of hydrogen-bond acceptors (Lipinski definition) is 3. The number of aryl methyl sites for hydroxylation is 2. The van der Waals surface area contributed by atoms with Gasteiger partial charge in [0.1, 0.15) is 17.4 Å². The van der Waals surface area contributed by atoms with Crippen molar-refractivity contribution in [2.45, 2.75) is 69.9 Å². The topological polar surface area (TPSA) is 62.1 Å². The van der Waals surface area contributed by atoms with Crippen molar-refractivity contribution in [1.82, 2.24) is 5.32 Å². The highest BCUT2D eigenvalue weighted by Gasteiger charge is 2.47. The van der Waals surface area contributed by atoms with Crippen molar-refractivity contribution >= 4 is 18.0 Å². The zero-order valence-electron chi connectivity index (χ0n) is 17.7. The van der Waals surface area contributed by atoms with Crippen LogP contribution in [0.5, 0.6) is 5.75 Å². The van der Waals surface area contributed by atoms with Crippen molar-refractivity contribution in [2.24, 2.45) is 0 Å². The maximum atomic E-state index is 10.9. The van der Waals surface area contributed by atoms with Crippen molar-refractivity contribution in [1.29, 1.82) is 5.26 Å². The van der Waals surface area contributed by atoms with Crippen molar-refractivity contribution in [3.05, 3.63) is 64.2 Å². The van der Waals surface area contributed by atoms with E-state index in [0.29, 0.717) is 10.6 Å². The van der Waals surface area contributed by atoms with Gasteiger partial charge < -0.3 is 10.1 Å². The maximum Gasteiger partial charge on any atom is 0.207 e. The Labute approximate surface area is 184 Å². The maximum absolute atomic E-state index is 10.9. The van der Waals surface area contributed by atoms with E-state index in [2.05, 4.69) is 49.5 Å². The normalized spacial score (nSPS) is 24.6. The number of amides is 1. The van der Waals surface area contributed by atoms with Crippen LogP contribution < -0.4 is 10.1 Å². The molecule has 0 atom stereocenters. The summed E-state index contributed by atoms with van der Waals surface area (Å²) in [5, 5.41) is 12.4. The fourth-order valence-electron chi connectivity index (χ4n) is 4.46. The standard InChI is InChI=1S/C17H19ClN2O2.C8H10/c18-15-10-14(3-2-13(15)11-19)22-17-5-1-4-16(6-8-17,7-9-17)20-12-21;1-7-3-5-8(2)6-4-7/h2-3,10,12H,1,4-9H2,(H,20,21);3-6H,1-2H3. The number of nitriles is 1. The van der Waals surface area contributed by atoms with Gasteiger partial charge in [0.2, 0.25) is 6.41 Å². The smallest absolute Gasteiger partial charge is 0.207 e. The number of nitrogens with one attached hydrogen (secondary N) is 1. The molecule has 3 aliphatic carbocycles. The fraction of sp³-hybridized carbons (Fsp3) is 0.440. The Balaban J connectivity index is 0.000000269. The van der Waals surface area contributed by atoms with Crippen LogP contribution in [0.15, 0.2) is 42.5 Å². The lowest BCUT2D eigenvalue weighted by molar-refractivity contribution is -0.112. The van der Waals surface area contributed by atoms with Gasteiger partial charge in [-0.15, -0.1) is 0 Å². The average Bonchev–Trinajstić information content (AvgIpc) is 3.01. The zero-order chi connectivity index (χ0) is 21.6. The van der Waals surface area contributed by atoms with Crippen LogP contribution in [0.25, 0.3) is 0 Å². The molecule has 0 aromatic heterocycles. The third-order valence-corrected chi connectivity index (χ3v) is 6.70. The van der Waals surface area contributed by atoms with E-state index in [4.69, 9.17) is 21.6 Å². The Bertz CT molecular complexity index is 889. The third-order valence-electron chi connectivity index (χ3n) is 6.38. The molecule has 2 bridgehead atoms. The molecule has 0 spiro atoms. The molecule has 30 heavy (non-hydrogen) atoms. The highest BCUT2D eigenvalue weighted by atomic mass is 35.5. The number of halogens is 1. The van der Waals surface area contributed by atoms with Gasteiger partial charge in [0.15, 0.2) is 0 Å². The molecule has 2 aromatic rings. The molecule has 3 fully saturated rings. The van der Waals surface area contributed by atoms with Crippen LogP contribution in [-0.4, -0.2) is 17.6 Å². The first-order valence-electron chi connectivity index (χ1n) is 10.5. The van der Waals surface area contributed by atoms with E-state index in [-0.39, 0.29) is 11.1 Å². The van der Waals surface area contributed by atoms with Gasteiger partial charge in [-0.1, -0.05) is 47.0 Å². The second-order valence-electron chi connectivity index (χ2n) is 8.59. The zero-order valence-corrected chi connectivity index (χ0v) is 18.5. The van der Waals surface area contributed by atoms with Crippen LogP contribution in [0.1, 0.15) is 61.6 Å². The van der Waals surface area contributed by atoms with Gasteiger partial charge in [0.05, 0.1) is 10.6 Å². The molecule has 1 amide bonds. The molecule has 5 heteroatoms. The van der Waals surface area contributed by atoms with E-state index < -0.39 is 0 Å². The molecular formula is C25H29ClN2O2. The van der Waals surface area contributed by atoms with E-state index in [1.54, 1.807) is 12.1 Å². The lowest BCUT2D eigenvalue weighted by atomic mass is 9.75. The molecule has 0 saturated heterocycles. The van der Waals surface area contributed by atoms with Crippen LogP contribution in [0.4, 0.5) is 0 Å². The summed E-state index contributed by atoms with van der Waals surface area (Å²) in [6.07, 6.45) is 7.67. The quantitative estimate of drug-likeness (QED) is 0.623. The number of nitrogens with zero attached hydrogens (tertiary/aromatic N) is 1. The second kappa shape index (κ2) is 9.53. The minimum atomic E-state index is -0.165. The largest absolute Gasteiger partial charge is 0.487 e. The van der Waals surface area contributed by atoms with E-state index in [1.807, 2.05) is 6.07 Å². The third kappa shape index (κ3) is 5.34. The number of carbonyl (C=O) groups is 1. The van der Waals surface area contributed by atoms with Crippen molar-refractivity contribution in [3.8, 4) is 11.8 Å². The lowest BCUT2D eigenvalue weighted by Gasteiger charge is -2.42. The summed E-state index contributed by atoms with van der Waals surface area (Å²) in [7, 11) is 0. The van der Waals surface area contributed by atoms with Gasteiger partial charge in [-0.05, 0) is 70.9 Å². The molecule has 3 saturated carbocycles. The average molecular weight is 425 g/mol. The summed E-state index contributed by atoms with van der Waals surface area (Å²) in [5.41, 5.74) is 2.92. The Morgan fingerprint density at radius 1 is 1.00 bits per heavy atom. The highest BCUT2D eigenvalue weighted by Crippen LogP contribution is 2.46. The Morgan fingerprint density at radius 2 is 1.63 bits per heavy atom. The van der Waals surface area contributed by atoms with Gasteiger partial charge in [-0.2, -0.15) is 5.26 Å². The van der Waals surface area contributed by atoms with Crippen LogP contribution in [-0.2, 0) is 4.79 Å². The van der Waals surface area contributed by atoms with Crippen LogP contribution >= 0.6 is 11.6 Å². The van der Waals surface area contributed by atoms with Gasteiger partial charge in [-0.3, -0.25) is 4.79 Å². The number of benzene rings is 2. The number of rotatable bonds is 4. The number of ether oxygens (including phenoxy) is 1. The Hall–Kier alpha value is -2.51. The van der Waals surface area contributed by atoms with Gasteiger partial charge in [-0.25, -0.2) is 0 Å². The molecule has 0 radical (unpaired) electrons. The summed E-state index contributed by atoms with van der Waals surface area (Å²) in [6.45, 7) is 4.19. The molecule has 4 nitrogen and oxygen atoms in total. The second-order valence-corrected chi connectivity index (χ2v) is 9.00. The monoisotopic (exact) mass is 424 g/mol. The predicted octanol–water partition coefficient (Wildman–Crippen LogP) is 5.88. The molecule has 0 aliphatic heterocycles. The van der Waals surface area contributed by atoms with Gasteiger partial charge in [0.25, 0.3) is 0 Å². The molecule has 5 rings (SSSR count). The predicted molar refractivity (Wildman–Crippen MR) is 120 cm³/mol. The molecule has 0 unspecified atom stereocenters. The van der Waals surface area contributed by atoms with E-state index in [1.165, 1.54) is 11.1 Å². The number of hydrogen-bond donors (Lipinski definition) is 1. The van der Waals surface area contributed by atoms with Crippen molar-refractivity contribution in [2.75, 3.05) is 0 Å². The highest BCUT2D eigenvalue weighted by molar-refractivity contribution is 6.31. The van der Waals surface area contributed by atoms with E-state index in [9.17, 15) is 4.79 Å². The summed E-state index contributed by atoms with van der Waals surface area (Å²) >= 11 is 6.09. The first-order chi connectivity index (χ1) is 14.4. The van der Waals surface area contributed by atoms with Gasteiger partial charge >= 0.3 is 0 Å². The molecule has 3 aliphatic rings. The van der Waals surface area contributed by atoms with Crippen molar-refractivity contribution in [3.63, 3.8) is 0 Å². The molecule has 0 heterocycles. The molecule has 2 aromatic carbocycles. The summed E-state index contributed by atoms with van der Waals surface area (Å²) in [5.74, 6) is 0.724. The summed E-state index contributed by atoms with van der Waals surface area (Å²) < 4.78 is 6.30. The first-order valence-corrected chi connectivity index (χ1v) is 10.9. The minimum absolute atomic E-state index is 0.0343. The lowest BCUT2D eigenvalue weighted by Crippen LogP contribution is -2.50. The Kier molecular flexibility index (Phi) is 7.05. The van der Waals surface area contributed by atoms with E-state index in [0.717, 1.165) is 57.1 Å². The number of fused-ring (bicyclic) bond motifs is 4. The van der Waals surface area contributed by atoms with Crippen LogP contribution in [0, 0.1) is 25.2 Å². The van der Waals surface area contributed by atoms with Crippen LogP contribution in [0.2, 0.25) is 5.02 Å². The summed E-state index contributed by atoms with van der Waals surface area (Å²) in [6, 6.07) is 15.8. The first kappa shape index (κ1) is 22.2. The number of carbonyl (C=O) groups excluding carboxylic acids is 1. The molecular weight excluding hydrogens is 396 g/mol.